The van der Waals surface area contributed by atoms with Crippen LogP contribution in [0, 0.1) is 0 Å². The summed E-state index contributed by atoms with van der Waals surface area (Å²) in [5.74, 6) is 1.29. The summed E-state index contributed by atoms with van der Waals surface area (Å²) in [5.41, 5.74) is 5.51. The lowest BCUT2D eigenvalue weighted by Crippen LogP contribution is -2.12. The number of nitrogens with two attached hydrogens (primary N) is 1. The number of thioether (sulfide) groups is 1. The van der Waals surface area contributed by atoms with Gasteiger partial charge >= 0.3 is 0 Å². The van der Waals surface area contributed by atoms with E-state index in [1.54, 1.807) is 0 Å². The summed E-state index contributed by atoms with van der Waals surface area (Å²) in [7, 11) is 0. The molecule has 1 atom stereocenters. The first-order valence-corrected chi connectivity index (χ1v) is 6.17. The van der Waals surface area contributed by atoms with E-state index in [1.165, 1.54) is 37.9 Å². The van der Waals surface area contributed by atoms with Crippen molar-refractivity contribution in [3.63, 3.8) is 0 Å². The molecule has 0 saturated carbocycles. The molecule has 0 aliphatic carbocycles. The molecule has 0 aromatic rings. The molecule has 0 aromatic carbocycles. The molecule has 0 fully saturated rings. The molecule has 2 heteroatoms. The maximum atomic E-state index is 5.51. The van der Waals surface area contributed by atoms with Gasteiger partial charge in [0.15, 0.2) is 0 Å². The minimum atomic E-state index is 0.649. The zero-order chi connectivity index (χ0) is 9.23. The van der Waals surface area contributed by atoms with Gasteiger partial charge in [-0.05, 0) is 12.2 Å². The first-order valence-electron chi connectivity index (χ1n) is 5.13. The van der Waals surface area contributed by atoms with Crippen LogP contribution in [0.2, 0.25) is 0 Å². The van der Waals surface area contributed by atoms with Gasteiger partial charge in [0.25, 0.3) is 0 Å². The van der Waals surface area contributed by atoms with Gasteiger partial charge in [0.05, 0.1) is 0 Å². The molecular formula is C10H23NS. The first-order chi connectivity index (χ1) is 5.81. The van der Waals surface area contributed by atoms with E-state index in [2.05, 4.69) is 13.8 Å². The molecular weight excluding hydrogens is 166 g/mol. The molecule has 12 heavy (non-hydrogen) atoms. The number of unbranched alkanes of at least 4 members (excludes halogenated alkanes) is 4. The Morgan fingerprint density at radius 1 is 1.17 bits per heavy atom. The van der Waals surface area contributed by atoms with Crippen LogP contribution in [0.1, 0.15) is 46.0 Å². The Balaban J connectivity index is 2.90. The molecule has 0 saturated heterocycles. The van der Waals surface area contributed by atoms with Gasteiger partial charge in [-0.2, -0.15) is 11.8 Å². The molecule has 0 spiro atoms. The lowest BCUT2D eigenvalue weighted by molar-refractivity contribution is 0.659. The van der Waals surface area contributed by atoms with Crippen molar-refractivity contribution in [1.82, 2.24) is 0 Å². The van der Waals surface area contributed by atoms with Crippen molar-refractivity contribution in [1.29, 1.82) is 0 Å². The molecule has 2 N–H and O–H groups in total. The van der Waals surface area contributed by atoms with Crippen LogP contribution in [0.15, 0.2) is 0 Å². The Hall–Kier alpha value is 0.310. The highest BCUT2D eigenvalue weighted by atomic mass is 32.2. The number of hydrogen-bond acceptors (Lipinski definition) is 2. The third-order valence-corrected chi connectivity index (χ3v) is 3.27. The highest BCUT2D eigenvalue weighted by Crippen LogP contribution is 2.12. The predicted octanol–water partition coefficient (Wildman–Crippen LogP) is 3.04. The van der Waals surface area contributed by atoms with E-state index in [0.717, 1.165) is 6.54 Å². The lowest BCUT2D eigenvalue weighted by Gasteiger charge is -2.06. The standard InChI is InChI=1S/C10H23NS/c1-3-4-5-6-7-8-12-10(2)9-11/h10H,3-9,11H2,1-2H3. The highest BCUT2D eigenvalue weighted by molar-refractivity contribution is 7.99. The molecule has 0 rings (SSSR count). The van der Waals surface area contributed by atoms with Gasteiger partial charge in [-0.3, -0.25) is 0 Å². The minimum absolute atomic E-state index is 0.649. The summed E-state index contributed by atoms with van der Waals surface area (Å²) >= 11 is 2.01. The van der Waals surface area contributed by atoms with E-state index in [0.29, 0.717) is 5.25 Å². The van der Waals surface area contributed by atoms with Gasteiger partial charge in [0, 0.05) is 11.8 Å². The molecule has 74 valence electrons. The fourth-order valence-corrected chi connectivity index (χ4v) is 1.97. The monoisotopic (exact) mass is 189 g/mol. The molecule has 0 aliphatic heterocycles. The maximum absolute atomic E-state index is 5.51. The average molecular weight is 189 g/mol. The van der Waals surface area contributed by atoms with E-state index in [9.17, 15) is 0 Å². The summed E-state index contributed by atoms with van der Waals surface area (Å²) in [5, 5.41) is 0.649. The third kappa shape index (κ3) is 8.41. The van der Waals surface area contributed by atoms with Gasteiger partial charge < -0.3 is 5.73 Å². The van der Waals surface area contributed by atoms with Crippen molar-refractivity contribution in [3.05, 3.63) is 0 Å². The second-order valence-corrected chi connectivity index (χ2v) is 4.88. The van der Waals surface area contributed by atoms with Crippen LogP contribution in [0.5, 0.6) is 0 Å². The second kappa shape index (κ2) is 9.40. The zero-order valence-electron chi connectivity index (χ0n) is 8.51. The summed E-state index contributed by atoms with van der Waals surface area (Å²) in [6.07, 6.45) is 6.92. The van der Waals surface area contributed by atoms with Crippen molar-refractivity contribution in [2.45, 2.75) is 51.2 Å². The lowest BCUT2D eigenvalue weighted by atomic mass is 10.2. The third-order valence-electron chi connectivity index (χ3n) is 1.98. The smallest absolute Gasteiger partial charge is 0.0141 e. The van der Waals surface area contributed by atoms with Crippen molar-refractivity contribution in [2.24, 2.45) is 5.73 Å². The molecule has 0 bridgehead atoms. The normalized spacial score (nSPS) is 13.2. The summed E-state index contributed by atoms with van der Waals surface area (Å²) in [6, 6.07) is 0. The minimum Gasteiger partial charge on any atom is -0.329 e. The predicted molar refractivity (Wildman–Crippen MR) is 59.7 cm³/mol. The van der Waals surface area contributed by atoms with Gasteiger partial charge in [0.1, 0.15) is 0 Å². The largest absolute Gasteiger partial charge is 0.329 e. The van der Waals surface area contributed by atoms with Crippen molar-refractivity contribution in [3.8, 4) is 0 Å². The van der Waals surface area contributed by atoms with Crippen molar-refractivity contribution < 1.29 is 0 Å². The number of rotatable bonds is 8. The van der Waals surface area contributed by atoms with Crippen LogP contribution in [0.4, 0.5) is 0 Å². The fraction of sp³-hybridized carbons (Fsp3) is 1.00. The van der Waals surface area contributed by atoms with Gasteiger partial charge in [-0.25, -0.2) is 0 Å². The van der Waals surface area contributed by atoms with E-state index in [-0.39, 0.29) is 0 Å². The van der Waals surface area contributed by atoms with E-state index in [1.807, 2.05) is 11.8 Å². The van der Waals surface area contributed by atoms with Gasteiger partial charge in [-0.15, -0.1) is 0 Å². The highest BCUT2D eigenvalue weighted by Gasteiger charge is 1.97. The Morgan fingerprint density at radius 2 is 1.83 bits per heavy atom. The number of hydrogen-bond donors (Lipinski definition) is 1. The Kier molecular flexibility index (Phi) is 9.64. The second-order valence-electron chi connectivity index (χ2n) is 3.33. The Labute approximate surface area is 81.5 Å². The van der Waals surface area contributed by atoms with E-state index < -0.39 is 0 Å². The molecule has 0 heterocycles. The van der Waals surface area contributed by atoms with Crippen LogP contribution >= 0.6 is 11.8 Å². The molecule has 0 amide bonds. The zero-order valence-corrected chi connectivity index (χ0v) is 9.33. The van der Waals surface area contributed by atoms with Gasteiger partial charge in [0.2, 0.25) is 0 Å². The molecule has 1 unspecified atom stereocenters. The van der Waals surface area contributed by atoms with Crippen LogP contribution in [-0.2, 0) is 0 Å². The van der Waals surface area contributed by atoms with Gasteiger partial charge in [-0.1, -0.05) is 39.5 Å². The van der Waals surface area contributed by atoms with E-state index in [4.69, 9.17) is 5.73 Å². The first kappa shape index (κ1) is 12.3. The quantitative estimate of drug-likeness (QED) is 0.594. The average Bonchev–Trinajstić information content (AvgIpc) is 2.10. The SMILES string of the molecule is CCCCCCCSC(C)CN. The Morgan fingerprint density at radius 3 is 2.42 bits per heavy atom. The van der Waals surface area contributed by atoms with Crippen LogP contribution in [0.3, 0.4) is 0 Å². The van der Waals surface area contributed by atoms with E-state index >= 15 is 0 Å². The van der Waals surface area contributed by atoms with Crippen molar-refractivity contribution in [2.75, 3.05) is 12.3 Å². The molecule has 0 radical (unpaired) electrons. The fourth-order valence-electron chi connectivity index (χ4n) is 1.06. The van der Waals surface area contributed by atoms with Crippen LogP contribution in [-0.4, -0.2) is 17.5 Å². The molecule has 0 aromatic heterocycles. The summed E-state index contributed by atoms with van der Waals surface area (Å²) < 4.78 is 0. The molecule has 0 aliphatic rings. The summed E-state index contributed by atoms with van der Waals surface area (Å²) in [4.78, 5) is 0. The maximum Gasteiger partial charge on any atom is 0.0141 e. The van der Waals surface area contributed by atoms with Crippen molar-refractivity contribution >= 4 is 11.8 Å². The summed E-state index contributed by atoms with van der Waals surface area (Å²) in [6.45, 7) is 5.28. The topological polar surface area (TPSA) is 26.0 Å². The molecule has 1 nitrogen and oxygen atoms in total. The Bertz CT molecular complexity index is 85.9. The van der Waals surface area contributed by atoms with Crippen LogP contribution in [0.25, 0.3) is 0 Å². The van der Waals surface area contributed by atoms with Crippen LogP contribution < -0.4 is 5.73 Å².